The van der Waals surface area contributed by atoms with Crippen molar-refractivity contribution in [2.24, 2.45) is 0 Å². The van der Waals surface area contributed by atoms with E-state index in [4.69, 9.17) is 13.9 Å². The average Bonchev–Trinajstić information content (AvgIpc) is 3.58. The number of rotatable bonds is 10. The van der Waals surface area contributed by atoms with Crippen LogP contribution in [-0.4, -0.2) is 36.8 Å². The normalized spacial score (nSPS) is 13.0. The van der Waals surface area contributed by atoms with Crippen molar-refractivity contribution < 1.29 is 32.7 Å². The molecule has 0 fully saturated rings. The number of ether oxygens (including phenoxy) is 2. The van der Waals surface area contributed by atoms with Gasteiger partial charge in [-0.1, -0.05) is 11.8 Å². The number of nitrogens with one attached hydrogen (secondary N) is 2. The lowest BCUT2D eigenvalue weighted by molar-refractivity contribution is -0.138. The third-order valence-corrected chi connectivity index (χ3v) is 7.21. The molecule has 4 aromatic rings. The molecule has 2 heterocycles. The van der Waals surface area contributed by atoms with Crippen LogP contribution in [0, 0.1) is 5.82 Å². The molecule has 3 amide bonds. The predicted octanol–water partition coefficient (Wildman–Crippen LogP) is 5.67. The molecule has 0 spiro atoms. The minimum absolute atomic E-state index is 0.0386. The number of carbonyl (C=O) groups is 3. The van der Waals surface area contributed by atoms with E-state index in [0.717, 1.165) is 16.7 Å². The number of benzene rings is 3. The highest BCUT2D eigenvalue weighted by Gasteiger charge is 2.39. The zero-order valence-corrected chi connectivity index (χ0v) is 22.8. The molecular formula is C30H24FN3O6S. The van der Waals surface area contributed by atoms with Gasteiger partial charge in [0.05, 0.1) is 32.6 Å². The molecule has 1 aliphatic heterocycles. The molecule has 0 saturated heterocycles. The maximum atomic E-state index is 13.4. The van der Waals surface area contributed by atoms with E-state index >= 15 is 0 Å². The van der Waals surface area contributed by atoms with Crippen LogP contribution in [0.2, 0.25) is 0 Å². The minimum Gasteiger partial charge on any atom is -0.497 e. The number of hydrogen-bond donors (Lipinski definition) is 2. The molecule has 2 N–H and O–H groups in total. The Morgan fingerprint density at radius 1 is 0.927 bits per heavy atom. The summed E-state index contributed by atoms with van der Waals surface area (Å²) in [5.74, 6) is -0.447. The first-order chi connectivity index (χ1) is 19.9. The summed E-state index contributed by atoms with van der Waals surface area (Å²) in [6.45, 7) is -0.0386. The second-order valence-corrected chi connectivity index (χ2v) is 9.84. The molecule has 5 rings (SSSR count). The Morgan fingerprint density at radius 2 is 1.66 bits per heavy atom. The van der Waals surface area contributed by atoms with Crippen molar-refractivity contribution in [2.45, 2.75) is 11.4 Å². The van der Waals surface area contributed by atoms with Crippen LogP contribution in [0.4, 0.5) is 15.8 Å². The van der Waals surface area contributed by atoms with Crippen molar-refractivity contribution in [3.8, 4) is 11.5 Å². The van der Waals surface area contributed by atoms with Gasteiger partial charge in [0.25, 0.3) is 17.7 Å². The molecule has 11 heteroatoms. The monoisotopic (exact) mass is 573 g/mol. The summed E-state index contributed by atoms with van der Waals surface area (Å²) >= 11 is 1.10. The number of thioether (sulfide) groups is 1. The van der Waals surface area contributed by atoms with Crippen molar-refractivity contribution in [1.82, 2.24) is 4.90 Å². The Labute approximate surface area is 238 Å². The van der Waals surface area contributed by atoms with Crippen molar-refractivity contribution in [3.63, 3.8) is 0 Å². The molecule has 0 radical (unpaired) electrons. The van der Waals surface area contributed by atoms with E-state index in [-0.39, 0.29) is 23.1 Å². The Balaban J connectivity index is 1.36. The van der Waals surface area contributed by atoms with Gasteiger partial charge in [0.2, 0.25) is 0 Å². The smallest absolute Gasteiger partial charge is 0.278 e. The number of furan rings is 1. The molecule has 3 aromatic carbocycles. The number of anilines is 2. The van der Waals surface area contributed by atoms with E-state index in [9.17, 15) is 18.8 Å². The summed E-state index contributed by atoms with van der Waals surface area (Å²) in [6.07, 6.45) is 1.46. The van der Waals surface area contributed by atoms with Crippen LogP contribution >= 0.6 is 11.8 Å². The molecule has 1 aliphatic rings. The Bertz CT molecular complexity index is 1620. The summed E-state index contributed by atoms with van der Waals surface area (Å²) in [7, 11) is 2.99. The zero-order chi connectivity index (χ0) is 28.9. The van der Waals surface area contributed by atoms with E-state index in [0.29, 0.717) is 39.1 Å². The van der Waals surface area contributed by atoms with Crippen molar-refractivity contribution >= 4 is 40.9 Å². The highest BCUT2D eigenvalue weighted by atomic mass is 32.2. The lowest BCUT2D eigenvalue weighted by Gasteiger charge is -2.13. The summed E-state index contributed by atoms with van der Waals surface area (Å²) in [4.78, 5) is 41.5. The fourth-order valence-electron chi connectivity index (χ4n) is 4.05. The largest absolute Gasteiger partial charge is 0.497 e. The quantitative estimate of drug-likeness (QED) is 0.234. The van der Waals surface area contributed by atoms with E-state index in [1.54, 1.807) is 54.6 Å². The molecule has 9 nitrogen and oxygen atoms in total. The number of carbonyl (C=O) groups excluding carboxylic acids is 3. The molecule has 0 bridgehead atoms. The fourth-order valence-corrected chi connectivity index (χ4v) is 4.99. The summed E-state index contributed by atoms with van der Waals surface area (Å²) in [6, 6.07) is 20.5. The maximum Gasteiger partial charge on any atom is 0.278 e. The number of halogens is 1. The number of imide groups is 1. The summed E-state index contributed by atoms with van der Waals surface area (Å²) in [5, 5.41) is 5.80. The van der Waals surface area contributed by atoms with Gasteiger partial charge in [-0.25, -0.2) is 4.39 Å². The molecule has 0 aliphatic carbocycles. The first kappa shape index (κ1) is 27.5. The molecular weight excluding hydrogens is 549 g/mol. The van der Waals surface area contributed by atoms with E-state index in [2.05, 4.69) is 10.6 Å². The van der Waals surface area contributed by atoms with Crippen LogP contribution in [-0.2, 0) is 16.1 Å². The predicted molar refractivity (Wildman–Crippen MR) is 151 cm³/mol. The van der Waals surface area contributed by atoms with Gasteiger partial charge in [-0.2, -0.15) is 0 Å². The maximum absolute atomic E-state index is 13.4. The van der Waals surface area contributed by atoms with E-state index in [1.807, 2.05) is 0 Å². The highest BCUT2D eigenvalue weighted by molar-refractivity contribution is 8.04. The number of amides is 3. The van der Waals surface area contributed by atoms with Gasteiger partial charge in [-0.3, -0.25) is 19.3 Å². The third kappa shape index (κ3) is 6.10. The molecule has 0 atom stereocenters. The van der Waals surface area contributed by atoms with Gasteiger partial charge < -0.3 is 24.5 Å². The average molecular weight is 574 g/mol. The standard InChI is InChI=1S/C30H24FN3O6S/c1-38-21-11-14-24(25(16-21)39-2)28(35)33-20-9-12-23(13-10-20)41-27-26(32-19-7-5-18(31)6-8-19)29(36)34(30(27)37)17-22-4-3-15-40-22/h3-16,32H,17H2,1-2H3,(H,33,35). The van der Waals surface area contributed by atoms with Gasteiger partial charge in [0.1, 0.15) is 33.7 Å². The third-order valence-electron chi connectivity index (χ3n) is 6.12. The van der Waals surface area contributed by atoms with Crippen LogP contribution in [0.25, 0.3) is 0 Å². The number of hydrogen-bond acceptors (Lipinski definition) is 8. The van der Waals surface area contributed by atoms with Gasteiger partial charge in [-0.15, -0.1) is 0 Å². The zero-order valence-electron chi connectivity index (χ0n) is 22.0. The van der Waals surface area contributed by atoms with Crippen LogP contribution < -0.4 is 20.1 Å². The second-order valence-electron chi connectivity index (χ2n) is 8.76. The molecule has 0 unspecified atom stereocenters. The molecule has 41 heavy (non-hydrogen) atoms. The van der Waals surface area contributed by atoms with Gasteiger partial charge in [0, 0.05) is 22.3 Å². The van der Waals surface area contributed by atoms with Gasteiger partial charge in [-0.05, 0) is 72.8 Å². The van der Waals surface area contributed by atoms with Crippen LogP contribution in [0.5, 0.6) is 11.5 Å². The molecule has 208 valence electrons. The van der Waals surface area contributed by atoms with Crippen LogP contribution in [0.3, 0.4) is 0 Å². The van der Waals surface area contributed by atoms with Crippen LogP contribution in [0.1, 0.15) is 16.1 Å². The lowest BCUT2D eigenvalue weighted by Crippen LogP contribution is -2.31. The van der Waals surface area contributed by atoms with Crippen molar-refractivity contribution in [3.05, 3.63) is 113 Å². The SMILES string of the molecule is COc1ccc(C(=O)Nc2ccc(SC3=C(Nc4ccc(F)cc4)C(=O)N(Cc4ccco4)C3=O)cc2)c(OC)c1. The molecule has 0 saturated carbocycles. The highest BCUT2D eigenvalue weighted by Crippen LogP contribution is 2.37. The molecule has 1 aromatic heterocycles. The first-order valence-corrected chi connectivity index (χ1v) is 13.1. The number of nitrogens with zero attached hydrogens (tertiary/aromatic N) is 1. The Morgan fingerprint density at radius 3 is 2.32 bits per heavy atom. The Hall–Kier alpha value is -5.03. The van der Waals surface area contributed by atoms with Crippen LogP contribution in [0.15, 0.2) is 105 Å². The fraction of sp³-hybridized carbons (Fsp3) is 0.100. The van der Waals surface area contributed by atoms with Gasteiger partial charge in [0.15, 0.2) is 0 Å². The minimum atomic E-state index is -0.532. The van der Waals surface area contributed by atoms with Gasteiger partial charge >= 0.3 is 0 Å². The second kappa shape index (κ2) is 12.0. The Kier molecular flexibility index (Phi) is 8.06. The summed E-state index contributed by atoms with van der Waals surface area (Å²) in [5.41, 5.74) is 1.37. The lowest BCUT2D eigenvalue weighted by atomic mass is 10.1. The van der Waals surface area contributed by atoms with E-state index < -0.39 is 17.6 Å². The number of methoxy groups -OCH3 is 2. The topological polar surface area (TPSA) is 110 Å². The van der Waals surface area contributed by atoms with Crippen molar-refractivity contribution in [2.75, 3.05) is 24.9 Å². The van der Waals surface area contributed by atoms with Crippen molar-refractivity contribution in [1.29, 1.82) is 0 Å². The summed E-state index contributed by atoms with van der Waals surface area (Å²) < 4.78 is 29.3. The van der Waals surface area contributed by atoms with E-state index in [1.165, 1.54) is 44.7 Å². The first-order valence-electron chi connectivity index (χ1n) is 12.3.